The lowest BCUT2D eigenvalue weighted by atomic mass is 10.0. The Morgan fingerprint density at radius 2 is 1.59 bits per heavy atom. The smallest absolute Gasteiger partial charge is 0.141 e. The molecule has 0 saturated carbocycles. The Morgan fingerprint density at radius 3 is 2.12 bits per heavy atom. The van der Waals surface area contributed by atoms with Crippen LogP contribution in [0.1, 0.15) is 5.56 Å². The van der Waals surface area contributed by atoms with Gasteiger partial charge in [-0.3, -0.25) is 0 Å². The number of rotatable bonds is 1. The van der Waals surface area contributed by atoms with Crippen molar-refractivity contribution in [1.82, 2.24) is 0 Å². The van der Waals surface area contributed by atoms with Gasteiger partial charge in [0.2, 0.25) is 0 Å². The molecule has 2 aromatic carbocycles. The van der Waals surface area contributed by atoms with Crippen molar-refractivity contribution in [2.24, 2.45) is 0 Å². The molecule has 0 N–H and O–H groups in total. The quantitative estimate of drug-likeness (QED) is 0.735. The molecule has 0 fully saturated rings. The summed E-state index contributed by atoms with van der Waals surface area (Å²) in [5, 5.41) is 9.60. The zero-order chi connectivity index (χ0) is 12.4. The summed E-state index contributed by atoms with van der Waals surface area (Å²) in [7, 11) is 0. The maximum absolute atomic E-state index is 13.4. The van der Waals surface area contributed by atoms with E-state index in [-0.39, 0.29) is 5.56 Å². The van der Waals surface area contributed by atoms with Gasteiger partial charge in [-0.25, -0.2) is 4.39 Å². The van der Waals surface area contributed by atoms with Crippen LogP contribution in [0.5, 0.6) is 0 Å². The van der Waals surface area contributed by atoms with Gasteiger partial charge in [0.15, 0.2) is 0 Å². The van der Waals surface area contributed by atoms with Gasteiger partial charge in [0.1, 0.15) is 11.9 Å². The Labute approximate surface area is 108 Å². The van der Waals surface area contributed by atoms with Crippen LogP contribution in [0.25, 0.3) is 11.1 Å². The molecule has 0 amide bonds. The van der Waals surface area contributed by atoms with Gasteiger partial charge in [-0.15, -0.1) is 0 Å². The zero-order valence-electron chi connectivity index (χ0n) is 8.55. The van der Waals surface area contributed by atoms with Crippen molar-refractivity contribution in [3.8, 4) is 17.2 Å². The summed E-state index contributed by atoms with van der Waals surface area (Å²) in [5.41, 5.74) is 1.36. The molecule has 4 heteroatoms. The largest absolute Gasteiger partial charge is 0.206 e. The van der Waals surface area contributed by atoms with Gasteiger partial charge < -0.3 is 0 Å². The summed E-state index contributed by atoms with van der Waals surface area (Å²) < 4.78 is 13.4. The third-order valence-electron chi connectivity index (χ3n) is 2.29. The average Bonchev–Trinajstić information content (AvgIpc) is 2.27. The minimum absolute atomic E-state index is 0.0156. The Balaban J connectivity index is 2.54. The molecule has 0 bridgehead atoms. The van der Waals surface area contributed by atoms with E-state index in [9.17, 15) is 4.39 Å². The maximum atomic E-state index is 13.4. The SMILES string of the molecule is N#Cc1ccc(-c2cc(Cl)cc(Cl)c2)cc1F. The van der Waals surface area contributed by atoms with Gasteiger partial charge in [0.25, 0.3) is 0 Å². The highest BCUT2D eigenvalue weighted by molar-refractivity contribution is 6.35. The van der Waals surface area contributed by atoms with Crippen LogP contribution in [0, 0.1) is 17.1 Å². The normalized spacial score (nSPS) is 10.0. The molecule has 0 aliphatic heterocycles. The number of hydrogen-bond acceptors (Lipinski definition) is 1. The lowest BCUT2D eigenvalue weighted by Crippen LogP contribution is -1.85. The number of benzene rings is 2. The number of halogens is 3. The van der Waals surface area contributed by atoms with E-state index in [2.05, 4.69) is 0 Å². The first-order chi connectivity index (χ1) is 8.10. The third kappa shape index (κ3) is 2.58. The second-order valence-electron chi connectivity index (χ2n) is 3.46. The number of hydrogen-bond donors (Lipinski definition) is 0. The van der Waals surface area contributed by atoms with E-state index < -0.39 is 5.82 Å². The van der Waals surface area contributed by atoms with Gasteiger partial charge in [0.05, 0.1) is 5.56 Å². The predicted molar refractivity (Wildman–Crippen MR) is 66.6 cm³/mol. The molecule has 0 saturated heterocycles. The van der Waals surface area contributed by atoms with Gasteiger partial charge in [-0.05, 0) is 41.5 Å². The fourth-order valence-corrected chi connectivity index (χ4v) is 2.03. The molecule has 1 nitrogen and oxygen atoms in total. The highest BCUT2D eigenvalue weighted by Gasteiger charge is 2.06. The zero-order valence-corrected chi connectivity index (χ0v) is 10.1. The Hall–Kier alpha value is -1.56. The molecular weight excluding hydrogens is 260 g/mol. The van der Waals surface area contributed by atoms with Crippen molar-refractivity contribution >= 4 is 23.2 Å². The van der Waals surface area contributed by atoms with Gasteiger partial charge in [-0.1, -0.05) is 29.3 Å². The number of nitriles is 1. The molecule has 0 aromatic heterocycles. The Bertz CT molecular complexity index is 597. The van der Waals surface area contributed by atoms with Crippen molar-refractivity contribution in [3.63, 3.8) is 0 Å². The molecule has 17 heavy (non-hydrogen) atoms. The van der Waals surface area contributed by atoms with Crippen molar-refractivity contribution in [1.29, 1.82) is 5.26 Å². The first-order valence-electron chi connectivity index (χ1n) is 4.76. The molecule has 0 aliphatic rings. The predicted octanol–water partition coefficient (Wildman–Crippen LogP) is 4.67. The van der Waals surface area contributed by atoms with Crippen LogP contribution in [-0.2, 0) is 0 Å². The van der Waals surface area contributed by atoms with Crippen molar-refractivity contribution in [2.45, 2.75) is 0 Å². The molecule has 0 unspecified atom stereocenters. The summed E-state index contributed by atoms with van der Waals surface area (Å²) in [6.07, 6.45) is 0. The van der Waals surface area contributed by atoms with Crippen LogP contribution < -0.4 is 0 Å². The summed E-state index contributed by atoms with van der Waals surface area (Å²) in [6, 6.07) is 11.1. The molecule has 0 heterocycles. The second kappa shape index (κ2) is 4.75. The minimum atomic E-state index is -0.555. The standard InChI is InChI=1S/C13H6Cl2FN/c14-11-3-10(4-12(15)6-11)8-1-2-9(7-17)13(16)5-8/h1-6H. The van der Waals surface area contributed by atoms with E-state index in [1.807, 2.05) is 0 Å². The number of nitrogens with zero attached hydrogens (tertiary/aromatic N) is 1. The average molecular weight is 266 g/mol. The van der Waals surface area contributed by atoms with Crippen molar-refractivity contribution < 1.29 is 4.39 Å². The fourth-order valence-electron chi connectivity index (χ4n) is 1.51. The summed E-state index contributed by atoms with van der Waals surface area (Å²) in [6.45, 7) is 0. The van der Waals surface area contributed by atoms with Crippen LogP contribution in [0.4, 0.5) is 4.39 Å². The van der Waals surface area contributed by atoms with E-state index in [0.29, 0.717) is 21.2 Å². The van der Waals surface area contributed by atoms with E-state index >= 15 is 0 Å². The van der Waals surface area contributed by atoms with Gasteiger partial charge in [0, 0.05) is 10.0 Å². The molecule has 0 spiro atoms. The van der Waals surface area contributed by atoms with Crippen LogP contribution >= 0.6 is 23.2 Å². The Morgan fingerprint density at radius 1 is 0.941 bits per heavy atom. The van der Waals surface area contributed by atoms with E-state index in [1.165, 1.54) is 12.1 Å². The van der Waals surface area contributed by atoms with Crippen LogP contribution in [-0.4, -0.2) is 0 Å². The monoisotopic (exact) mass is 265 g/mol. The highest BCUT2D eigenvalue weighted by Crippen LogP contribution is 2.28. The first-order valence-corrected chi connectivity index (χ1v) is 5.52. The molecule has 2 rings (SSSR count). The summed E-state index contributed by atoms with van der Waals surface area (Å²) in [4.78, 5) is 0. The molecule has 2 aromatic rings. The third-order valence-corrected chi connectivity index (χ3v) is 2.72. The van der Waals surface area contributed by atoms with E-state index in [4.69, 9.17) is 28.5 Å². The fraction of sp³-hybridized carbons (Fsp3) is 0. The molecule has 0 aliphatic carbocycles. The molecule has 84 valence electrons. The van der Waals surface area contributed by atoms with Crippen LogP contribution in [0.15, 0.2) is 36.4 Å². The second-order valence-corrected chi connectivity index (χ2v) is 4.34. The summed E-state index contributed by atoms with van der Waals surface area (Å²) in [5.74, 6) is -0.555. The molecule has 0 radical (unpaired) electrons. The maximum Gasteiger partial charge on any atom is 0.141 e. The lowest BCUT2D eigenvalue weighted by molar-refractivity contribution is 0.624. The van der Waals surface area contributed by atoms with E-state index in [0.717, 1.165) is 0 Å². The van der Waals surface area contributed by atoms with Crippen LogP contribution in [0.2, 0.25) is 10.0 Å². The first kappa shape index (κ1) is 11.9. The summed E-state index contributed by atoms with van der Waals surface area (Å²) >= 11 is 11.7. The lowest BCUT2D eigenvalue weighted by Gasteiger charge is -2.04. The minimum Gasteiger partial charge on any atom is -0.206 e. The van der Waals surface area contributed by atoms with Gasteiger partial charge >= 0.3 is 0 Å². The van der Waals surface area contributed by atoms with Crippen molar-refractivity contribution in [2.75, 3.05) is 0 Å². The Kier molecular flexibility index (Phi) is 3.33. The topological polar surface area (TPSA) is 23.8 Å². The van der Waals surface area contributed by atoms with Gasteiger partial charge in [-0.2, -0.15) is 5.26 Å². The molecular formula is C13H6Cl2FN. The van der Waals surface area contributed by atoms with Crippen LogP contribution in [0.3, 0.4) is 0 Å². The van der Waals surface area contributed by atoms with Crippen molar-refractivity contribution in [3.05, 3.63) is 57.8 Å². The van der Waals surface area contributed by atoms with E-state index in [1.54, 1.807) is 30.3 Å². The highest BCUT2D eigenvalue weighted by atomic mass is 35.5. The molecule has 0 atom stereocenters.